The Kier molecular flexibility index (Phi) is 5.03. The van der Waals surface area contributed by atoms with Crippen molar-refractivity contribution in [3.8, 4) is 0 Å². The van der Waals surface area contributed by atoms with Crippen LogP contribution < -0.4 is 5.32 Å². The lowest BCUT2D eigenvalue weighted by atomic mass is 9.83. The first-order valence-electron chi connectivity index (χ1n) is 6.11. The molecule has 3 nitrogen and oxygen atoms in total. The third-order valence-corrected chi connectivity index (χ3v) is 3.30. The van der Waals surface area contributed by atoms with Gasteiger partial charge in [-0.15, -0.1) is 0 Å². The lowest BCUT2D eigenvalue weighted by molar-refractivity contribution is -0.0643. The van der Waals surface area contributed by atoms with Gasteiger partial charge < -0.3 is 15.2 Å². The van der Waals surface area contributed by atoms with Gasteiger partial charge in [0.15, 0.2) is 0 Å². The third-order valence-electron chi connectivity index (χ3n) is 3.30. The van der Waals surface area contributed by atoms with Crippen molar-refractivity contribution >= 4 is 0 Å². The molecule has 2 atom stereocenters. The molecular weight excluding hydrogens is 190 g/mol. The normalized spacial score (nSPS) is 32.2. The lowest BCUT2D eigenvalue weighted by Crippen LogP contribution is -2.55. The molecule has 1 aliphatic rings. The van der Waals surface area contributed by atoms with Crippen LogP contribution >= 0.6 is 0 Å². The summed E-state index contributed by atoms with van der Waals surface area (Å²) in [6.45, 7) is 8.47. The van der Waals surface area contributed by atoms with Crippen LogP contribution in [0.1, 0.15) is 40.0 Å². The Morgan fingerprint density at radius 3 is 2.80 bits per heavy atom. The van der Waals surface area contributed by atoms with Crippen LogP contribution in [-0.4, -0.2) is 36.5 Å². The van der Waals surface area contributed by atoms with Crippen molar-refractivity contribution in [1.29, 1.82) is 0 Å². The Balaban J connectivity index is 2.55. The average molecular weight is 215 g/mol. The molecule has 90 valence electrons. The van der Waals surface area contributed by atoms with Gasteiger partial charge in [-0.05, 0) is 31.7 Å². The monoisotopic (exact) mass is 215 g/mol. The van der Waals surface area contributed by atoms with E-state index in [1.54, 1.807) is 0 Å². The Morgan fingerprint density at radius 2 is 2.27 bits per heavy atom. The molecule has 1 heterocycles. The summed E-state index contributed by atoms with van der Waals surface area (Å²) < 4.78 is 5.73. The average Bonchev–Trinajstić information content (AvgIpc) is 2.26. The Bertz CT molecular complexity index is 184. The maximum absolute atomic E-state index is 9.55. The molecule has 3 heteroatoms. The van der Waals surface area contributed by atoms with Crippen molar-refractivity contribution in [2.24, 2.45) is 5.92 Å². The second-order valence-corrected chi connectivity index (χ2v) is 4.97. The van der Waals surface area contributed by atoms with Crippen molar-refractivity contribution < 1.29 is 9.84 Å². The zero-order valence-corrected chi connectivity index (χ0v) is 10.3. The molecule has 1 saturated heterocycles. The van der Waals surface area contributed by atoms with Crippen LogP contribution in [0.3, 0.4) is 0 Å². The second kappa shape index (κ2) is 5.83. The van der Waals surface area contributed by atoms with E-state index in [1.807, 2.05) is 0 Å². The molecule has 0 amide bonds. The van der Waals surface area contributed by atoms with Crippen LogP contribution in [-0.2, 0) is 4.74 Å². The molecule has 2 unspecified atom stereocenters. The van der Waals surface area contributed by atoms with Crippen molar-refractivity contribution in [3.63, 3.8) is 0 Å². The number of aliphatic hydroxyl groups excluding tert-OH is 1. The van der Waals surface area contributed by atoms with Gasteiger partial charge in [-0.25, -0.2) is 0 Å². The summed E-state index contributed by atoms with van der Waals surface area (Å²) in [7, 11) is 0. The lowest BCUT2D eigenvalue weighted by Gasteiger charge is -2.42. The summed E-state index contributed by atoms with van der Waals surface area (Å²) in [5.41, 5.74) is -0.0941. The molecule has 0 aliphatic carbocycles. The van der Waals surface area contributed by atoms with Crippen LogP contribution in [0.15, 0.2) is 0 Å². The number of rotatable bonds is 5. The number of hydrogen-bond donors (Lipinski definition) is 2. The largest absolute Gasteiger partial charge is 0.394 e. The Hall–Kier alpha value is -0.120. The number of aliphatic hydroxyl groups is 1. The van der Waals surface area contributed by atoms with Crippen LogP contribution in [0.4, 0.5) is 0 Å². The van der Waals surface area contributed by atoms with Gasteiger partial charge in [0.05, 0.1) is 12.7 Å². The maximum Gasteiger partial charge on any atom is 0.0616 e. The minimum Gasteiger partial charge on any atom is -0.394 e. The van der Waals surface area contributed by atoms with E-state index in [4.69, 9.17) is 4.74 Å². The molecule has 0 aromatic carbocycles. The fraction of sp³-hybridized carbons (Fsp3) is 1.00. The van der Waals surface area contributed by atoms with Crippen molar-refractivity contribution in [3.05, 3.63) is 0 Å². The van der Waals surface area contributed by atoms with Crippen molar-refractivity contribution in [1.82, 2.24) is 5.32 Å². The maximum atomic E-state index is 9.55. The predicted molar refractivity (Wildman–Crippen MR) is 61.9 cm³/mol. The zero-order chi connectivity index (χ0) is 11.3. The topological polar surface area (TPSA) is 41.5 Å². The standard InChI is InChI=1S/C12H25NO2/c1-4-6-13-12(9-14)5-7-15-11(8-12)10(2)3/h10-11,13-14H,4-9H2,1-3H3. The van der Waals surface area contributed by atoms with E-state index in [2.05, 4.69) is 26.1 Å². The van der Waals surface area contributed by atoms with Gasteiger partial charge in [-0.2, -0.15) is 0 Å². The van der Waals surface area contributed by atoms with Crippen LogP contribution in [0.5, 0.6) is 0 Å². The van der Waals surface area contributed by atoms with Gasteiger partial charge in [0.1, 0.15) is 0 Å². The zero-order valence-electron chi connectivity index (χ0n) is 10.3. The van der Waals surface area contributed by atoms with Gasteiger partial charge in [0, 0.05) is 12.1 Å². The Labute approximate surface area is 93.2 Å². The van der Waals surface area contributed by atoms with E-state index in [9.17, 15) is 5.11 Å². The first kappa shape index (κ1) is 12.9. The van der Waals surface area contributed by atoms with Gasteiger partial charge in [-0.3, -0.25) is 0 Å². The van der Waals surface area contributed by atoms with E-state index in [-0.39, 0.29) is 18.2 Å². The third kappa shape index (κ3) is 3.44. The highest BCUT2D eigenvalue weighted by Crippen LogP contribution is 2.28. The van der Waals surface area contributed by atoms with E-state index in [0.29, 0.717) is 5.92 Å². The van der Waals surface area contributed by atoms with Crippen molar-refractivity contribution in [2.45, 2.75) is 51.7 Å². The summed E-state index contributed by atoms with van der Waals surface area (Å²) >= 11 is 0. The number of nitrogens with one attached hydrogen (secondary N) is 1. The van der Waals surface area contributed by atoms with Gasteiger partial charge in [0.2, 0.25) is 0 Å². The summed E-state index contributed by atoms with van der Waals surface area (Å²) in [5, 5.41) is 13.0. The second-order valence-electron chi connectivity index (χ2n) is 4.97. The molecule has 0 saturated carbocycles. The molecule has 0 aromatic rings. The van der Waals surface area contributed by atoms with E-state index in [0.717, 1.165) is 32.4 Å². The molecule has 0 aromatic heterocycles. The molecule has 1 aliphatic heterocycles. The van der Waals surface area contributed by atoms with E-state index < -0.39 is 0 Å². The fourth-order valence-electron chi connectivity index (χ4n) is 2.13. The SMILES string of the molecule is CCCNC1(CO)CCOC(C(C)C)C1. The number of hydrogen-bond acceptors (Lipinski definition) is 3. The van der Waals surface area contributed by atoms with Crippen LogP contribution in [0.25, 0.3) is 0 Å². The van der Waals surface area contributed by atoms with E-state index >= 15 is 0 Å². The summed E-state index contributed by atoms with van der Waals surface area (Å²) in [5.74, 6) is 0.527. The summed E-state index contributed by atoms with van der Waals surface area (Å²) in [4.78, 5) is 0. The van der Waals surface area contributed by atoms with E-state index in [1.165, 1.54) is 0 Å². The molecular formula is C12H25NO2. The summed E-state index contributed by atoms with van der Waals surface area (Å²) in [6.07, 6.45) is 3.25. The fourth-order valence-corrected chi connectivity index (χ4v) is 2.13. The van der Waals surface area contributed by atoms with Gasteiger partial charge >= 0.3 is 0 Å². The molecule has 2 N–H and O–H groups in total. The van der Waals surface area contributed by atoms with Gasteiger partial charge in [-0.1, -0.05) is 20.8 Å². The molecule has 0 radical (unpaired) electrons. The first-order chi connectivity index (χ1) is 7.13. The minimum absolute atomic E-state index is 0.0941. The Morgan fingerprint density at radius 1 is 1.53 bits per heavy atom. The van der Waals surface area contributed by atoms with Crippen molar-refractivity contribution in [2.75, 3.05) is 19.8 Å². The first-order valence-corrected chi connectivity index (χ1v) is 6.11. The van der Waals surface area contributed by atoms with Crippen LogP contribution in [0.2, 0.25) is 0 Å². The quantitative estimate of drug-likeness (QED) is 0.731. The van der Waals surface area contributed by atoms with Gasteiger partial charge in [0.25, 0.3) is 0 Å². The number of ether oxygens (including phenoxy) is 1. The minimum atomic E-state index is -0.0941. The predicted octanol–water partition coefficient (Wildman–Crippen LogP) is 1.55. The summed E-state index contributed by atoms with van der Waals surface area (Å²) in [6, 6.07) is 0. The van der Waals surface area contributed by atoms with Crippen LogP contribution in [0, 0.1) is 5.92 Å². The highest BCUT2D eigenvalue weighted by atomic mass is 16.5. The molecule has 0 bridgehead atoms. The highest BCUT2D eigenvalue weighted by Gasteiger charge is 2.36. The molecule has 0 spiro atoms. The molecule has 1 fully saturated rings. The molecule has 15 heavy (non-hydrogen) atoms. The smallest absolute Gasteiger partial charge is 0.0616 e. The molecule has 1 rings (SSSR count). The highest BCUT2D eigenvalue weighted by molar-refractivity contribution is 4.93.